The fourth-order valence-electron chi connectivity index (χ4n) is 2.71. The summed E-state index contributed by atoms with van der Waals surface area (Å²) in [6.07, 6.45) is 3.41. The molecule has 2 unspecified atom stereocenters. The summed E-state index contributed by atoms with van der Waals surface area (Å²) in [5.41, 5.74) is -0.111. The zero-order valence-electron chi connectivity index (χ0n) is 14.8. The number of likely N-dealkylation sites (tertiary alicyclic amines) is 1. The highest BCUT2D eigenvalue weighted by molar-refractivity contribution is 5.82. The number of nitrogens with zero attached hydrogens (tertiary/aromatic N) is 1. The summed E-state index contributed by atoms with van der Waals surface area (Å²) in [6, 6.07) is 0.504. The molecule has 4 heteroatoms. The molecule has 124 valence electrons. The van der Waals surface area contributed by atoms with Crippen LogP contribution in [-0.4, -0.2) is 48.1 Å². The van der Waals surface area contributed by atoms with Crippen molar-refractivity contribution in [3.05, 3.63) is 0 Å². The molecule has 1 rings (SSSR count). The van der Waals surface area contributed by atoms with Gasteiger partial charge in [0.2, 0.25) is 5.91 Å². The highest BCUT2D eigenvalue weighted by Crippen LogP contribution is 2.19. The standard InChI is InChI=1S/C17H35N3O/c1-7-17(5,6)19-16(21)14(4)20-10-8-9-15(12-20)11-18-13(2)3/h13-15,18H,7-12H2,1-6H3,(H,19,21). The topological polar surface area (TPSA) is 44.4 Å². The Hall–Kier alpha value is -0.610. The van der Waals surface area contributed by atoms with Crippen LogP contribution in [0.2, 0.25) is 0 Å². The van der Waals surface area contributed by atoms with Crippen LogP contribution in [0.4, 0.5) is 0 Å². The lowest BCUT2D eigenvalue weighted by Gasteiger charge is -2.37. The van der Waals surface area contributed by atoms with Gasteiger partial charge in [0, 0.05) is 18.1 Å². The summed E-state index contributed by atoms with van der Waals surface area (Å²) in [5, 5.41) is 6.70. The summed E-state index contributed by atoms with van der Waals surface area (Å²) in [5.74, 6) is 0.829. The van der Waals surface area contributed by atoms with E-state index in [1.165, 1.54) is 12.8 Å². The van der Waals surface area contributed by atoms with Crippen molar-refractivity contribution in [1.29, 1.82) is 0 Å². The third kappa shape index (κ3) is 6.35. The number of amides is 1. The molecule has 2 atom stereocenters. The number of nitrogens with one attached hydrogen (secondary N) is 2. The molecule has 0 aliphatic carbocycles. The second-order valence-corrected chi connectivity index (χ2v) is 7.47. The van der Waals surface area contributed by atoms with Gasteiger partial charge in [-0.25, -0.2) is 0 Å². The van der Waals surface area contributed by atoms with E-state index in [0.29, 0.717) is 12.0 Å². The van der Waals surface area contributed by atoms with Crippen molar-refractivity contribution in [2.24, 2.45) is 5.92 Å². The maximum atomic E-state index is 12.4. The molecule has 1 amide bonds. The fourth-order valence-corrected chi connectivity index (χ4v) is 2.71. The lowest BCUT2D eigenvalue weighted by atomic mass is 9.96. The normalized spacial score (nSPS) is 22.3. The summed E-state index contributed by atoms with van der Waals surface area (Å²) < 4.78 is 0. The molecule has 21 heavy (non-hydrogen) atoms. The van der Waals surface area contributed by atoms with Gasteiger partial charge in [0.1, 0.15) is 0 Å². The summed E-state index contributed by atoms with van der Waals surface area (Å²) >= 11 is 0. The van der Waals surface area contributed by atoms with Gasteiger partial charge in [-0.3, -0.25) is 9.69 Å². The molecule has 0 bridgehead atoms. The SMILES string of the molecule is CCC(C)(C)NC(=O)C(C)N1CCCC(CNC(C)C)C1. The third-order valence-electron chi connectivity index (χ3n) is 4.64. The van der Waals surface area contributed by atoms with E-state index in [0.717, 1.165) is 26.1 Å². The van der Waals surface area contributed by atoms with Gasteiger partial charge >= 0.3 is 0 Å². The molecule has 4 nitrogen and oxygen atoms in total. The van der Waals surface area contributed by atoms with E-state index in [9.17, 15) is 4.79 Å². The van der Waals surface area contributed by atoms with Gasteiger partial charge in [-0.15, -0.1) is 0 Å². The molecular weight excluding hydrogens is 262 g/mol. The predicted molar refractivity (Wildman–Crippen MR) is 89.4 cm³/mol. The van der Waals surface area contributed by atoms with Gasteiger partial charge in [-0.1, -0.05) is 20.8 Å². The summed E-state index contributed by atoms with van der Waals surface area (Å²) in [7, 11) is 0. The first-order valence-corrected chi connectivity index (χ1v) is 8.54. The molecule has 2 N–H and O–H groups in total. The zero-order chi connectivity index (χ0) is 16.0. The van der Waals surface area contributed by atoms with Crippen LogP contribution in [0.1, 0.15) is 60.8 Å². The molecule has 1 fully saturated rings. The van der Waals surface area contributed by atoms with Crippen molar-refractivity contribution in [3.8, 4) is 0 Å². The van der Waals surface area contributed by atoms with Gasteiger partial charge in [0.05, 0.1) is 6.04 Å². The number of rotatable bonds is 7. The summed E-state index contributed by atoms with van der Waals surface area (Å²) in [6.45, 7) is 15.8. The average Bonchev–Trinajstić information content (AvgIpc) is 2.44. The van der Waals surface area contributed by atoms with Crippen molar-refractivity contribution in [3.63, 3.8) is 0 Å². The van der Waals surface area contributed by atoms with Crippen LogP contribution in [0.3, 0.4) is 0 Å². The van der Waals surface area contributed by atoms with Crippen molar-refractivity contribution >= 4 is 5.91 Å². The zero-order valence-corrected chi connectivity index (χ0v) is 14.8. The highest BCUT2D eigenvalue weighted by Gasteiger charge is 2.29. The van der Waals surface area contributed by atoms with Crippen molar-refractivity contribution in [1.82, 2.24) is 15.5 Å². The minimum Gasteiger partial charge on any atom is -0.350 e. The van der Waals surface area contributed by atoms with E-state index in [2.05, 4.69) is 50.2 Å². The Bertz CT molecular complexity index is 328. The molecule has 1 saturated heterocycles. The number of hydrogen-bond acceptors (Lipinski definition) is 3. The van der Waals surface area contributed by atoms with Crippen LogP contribution < -0.4 is 10.6 Å². The van der Waals surface area contributed by atoms with E-state index >= 15 is 0 Å². The second-order valence-electron chi connectivity index (χ2n) is 7.47. The monoisotopic (exact) mass is 297 g/mol. The Morgan fingerprint density at radius 2 is 2.00 bits per heavy atom. The average molecular weight is 297 g/mol. The number of carbonyl (C=O) groups excluding carboxylic acids is 1. The van der Waals surface area contributed by atoms with E-state index in [4.69, 9.17) is 0 Å². The van der Waals surface area contributed by atoms with Crippen molar-refractivity contribution in [2.75, 3.05) is 19.6 Å². The van der Waals surface area contributed by atoms with Crippen molar-refractivity contribution < 1.29 is 4.79 Å². The Labute approximate surface area is 131 Å². The van der Waals surface area contributed by atoms with E-state index in [-0.39, 0.29) is 17.5 Å². The predicted octanol–water partition coefficient (Wildman–Crippen LogP) is 2.39. The van der Waals surface area contributed by atoms with Crippen LogP contribution in [0, 0.1) is 5.92 Å². The van der Waals surface area contributed by atoms with E-state index < -0.39 is 0 Å². The smallest absolute Gasteiger partial charge is 0.237 e. The van der Waals surface area contributed by atoms with Crippen molar-refractivity contribution in [2.45, 2.75) is 78.4 Å². The third-order valence-corrected chi connectivity index (χ3v) is 4.64. The maximum absolute atomic E-state index is 12.4. The molecular formula is C17H35N3O. The van der Waals surface area contributed by atoms with Crippen LogP contribution in [0.25, 0.3) is 0 Å². The fraction of sp³-hybridized carbons (Fsp3) is 0.941. The Balaban J connectivity index is 2.49. The van der Waals surface area contributed by atoms with Gasteiger partial charge in [0.15, 0.2) is 0 Å². The second kappa shape index (κ2) is 8.14. The first kappa shape index (κ1) is 18.4. The molecule has 0 radical (unpaired) electrons. The minimum atomic E-state index is -0.111. The molecule has 0 aromatic carbocycles. The lowest BCUT2D eigenvalue weighted by Crippen LogP contribution is -2.54. The quantitative estimate of drug-likeness (QED) is 0.758. The number of carbonyl (C=O) groups is 1. The molecule has 0 aromatic heterocycles. The first-order chi connectivity index (χ1) is 9.75. The Morgan fingerprint density at radius 1 is 1.33 bits per heavy atom. The Morgan fingerprint density at radius 3 is 2.57 bits per heavy atom. The van der Waals surface area contributed by atoms with Gasteiger partial charge in [-0.2, -0.15) is 0 Å². The van der Waals surface area contributed by atoms with Gasteiger partial charge in [0.25, 0.3) is 0 Å². The van der Waals surface area contributed by atoms with E-state index in [1.807, 2.05) is 6.92 Å². The van der Waals surface area contributed by atoms with Gasteiger partial charge in [-0.05, 0) is 59.0 Å². The minimum absolute atomic E-state index is 0.0299. The molecule has 0 spiro atoms. The molecule has 0 aromatic rings. The van der Waals surface area contributed by atoms with Crippen LogP contribution in [0.5, 0.6) is 0 Å². The van der Waals surface area contributed by atoms with Crippen LogP contribution >= 0.6 is 0 Å². The number of hydrogen-bond donors (Lipinski definition) is 2. The Kier molecular flexibility index (Phi) is 7.14. The molecule has 0 saturated carbocycles. The highest BCUT2D eigenvalue weighted by atomic mass is 16.2. The number of piperidine rings is 1. The molecule has 1 heterocycles. The molecule has 1 aliphatic heterocycles. The van der Waals surface area contributed by atoms with Crippen LogP contribution in [-0.2, 0) is 4.79 Å². The van der Waals surface area contributed by atoms with Crippen LogP contribution in [0.15, 0.2) is 0 Å². The van der Waals surface area contributed by atoms with Gasteiger partial charge < -0.3 is 10.6 Å². The van der Waals surface area contributed by atoms with E-state index in [1.54, 1.807) is 0 Å². The largest absolute Gasteiger partial charge is 0.350 e. The lowest BCUT2D eigenvalue weighted by molar-refractivity contribution is -0.128. The summed E-state index contributed by atoms with van der Waals surface area (Å²) in [4.78, 5) is 14.8. The molecule has 1 aliphatic rings. The maximum Gasteiger partial charge on any atom is 0.237 e. The first-order valence-electron chi connectivity index (χ1n) is 8.54.